The Bertz CT molecular complexity index is 330. The summed E-state index contributed by atoms with van der Waals surface area (Å²) in [4.78, 5) is 35.8. The lowest BCUT2D eigenvalue weighted by atomic mass is 10.2. The second kappa shape index (κ2) is 3.41. The van der Waals surface area contributed by atoms with Crippen molar-refractivity contribution in [2.75, 3.05) is 26.2 Å². The Balaban J connectivity index is 2.02. The van der Waals surface area contributed by atoms with Crippen LogP contribution >= 0.6 is 0 Å². The van der Waals surface area contributed by atoms with Gasteiger partial charge in [-0.15, -0.1) is 0 Å². The molecule has 2 fully saturated rings. The number of hydrogen-bond acceptors (Lipinski definition) is 3. The highest BCUT2D eigenvalue weighted by molar-refractivity contribution is 6.31. The number of piperazine rings is 1. The fraction of sp³-hybridized carbons (Fsp3) is 0.625. The van der Waals surface area contributed by atoms with Gasteiger partial charge in [0.15, 0.2) is 0 Å². The summed E-state index contributed by atoms with van der Waals surface area (Å²) in [6, 6.07) is -0.225. The van der Waals surface area contributed by atoms with E-state index in [1.807, 2.05) is 0 Å². The van der Waals surface area contributed by atoms with Gasteiger partial charge in [-0.05, 0) is 0 Å². The van der Waals surface area contributed by atoms with Crippen LogP contribution < -0.4 is 5.32 Å². The van der Waals surface area contributed by atoms with Crippen molar-refractivity contribution in [3.63, 3.8) is 0 Å². The van der Waals surface area contributed by atoms with Gasteiger partial charge in [0, 0.05) is 26.2 Å². The quantitative estimate of drug-likeness (QED) is 0.470. The van der Waals surface area contributed by atoms with Gasteiger partial charge in [0.1, 0.15) is 0 Å². The van der Waals surface area contributed by atoms with Crippen molar-refractivity contribution < 1.29 is 19.5 Å². The molecule has 2 aliphatic rings. The average Bonchev–Trinajstić information content (AvgIpc) is 2.59. The molecule has 0 aliphatic carbocycles. The average molecular weight is 213 g/mol. The van der Waals surface area contributed by atoms with Crippen molar-refractivity contribution in [1.29, 1.82) is 0 Å². The SMILES string of the molecule is O=C(O)C(=O)N1CCN2C(=O)NCC2C1. The molecule has 1 atom stereocenters. The van der Waals surface area contributed by atoms with Gasteiger partial charge in [0.2, 0.25) is 0 Å². The summed E-state index contributed by atoms with van der Waals surface area (Å²) in [7, 11) is 0. The van der Waals surface area contributed by atoms with E-state index in [4.69, 9.17) is 5.11 Å². The molecule has 0 bridgehead atoms. The van der Waals surface area contributed by atoms with Crippen molar-refractivity contribution in [1.82, 2.24) is 15.1 Å². The summed E-state index contributed by atoms with van der Waals surface area (Å²) < 4.78 is 0. The first-order valence-electron chi connectivity index (χ1n) is 4.66. The van der Waals surface area contributed by atoms with Crippen molar-refractivity contribution in [2.45, 2.75) is 6.04 Å². The van der Waals surface area contributed by atoms with Crippen LogP contribution in [0.25, 0.3) is 0 Å². The summed E-state index contributed by atoms with van der Waals surface area (Å²) in [5, 5.41) is 11.2. The third-order valence-electron chi connectivity index (χ3n) is 2.70. The van der Waals surface area contributed by atoms with Crippen LogP contribution in [-0.2, 0) is 9.59 Å². The van der Waals surface area contributed by atoms with Gasteiger partial charge in [0.05, 0.1) is 6.04 Å². The first-order valence-corrected chi connectivity index (χ1v) is 4.66. The number of carbonyl (C=O) groups is 3. The van der Waals surface area contributed by atoms with E-state index in [1.165, 1.54) is 4.90 Å². The molecule has 0 aromatic rings. The number of carbonyl (C=O) groups excluding carboxylic acids is 2. The third-order valence-corrected chi connectivity index (χ3v) is 2.70. The minimum Gasteiger partial charge on any atom is -0.474 e. The second-order valence-corrected chi connectivity index (χ2v) is 3.59. The molecule has 82 valence electrons. The Kier molecular flexibility index (Phi) is 2.22. The first kappa shape index (κ1) is 9.75. The van der Waals surface area contributed by atoms with Crippen LogP contribution in [0.3, 0.4) is 0 Å². The maximum atomic E-state index is 11.2. The Labute approximate surface area is 85.6 Å². The monoisotopic (exact) mass is 213 g/mol. The van der Waals surface area contributed by atoms with Gasteiger partial charge >= 0.3 is 17.9 Å². The molecule has 2 aliphatic heterocycles. The minimum atomic E-state index is -1.44. The Hall–Kier alpha value is -1.79. The second-order valence-electron chi connectivity index (χ2n) is 3.59. The largest absolute Gasteiger partial charge is 0.474 e. The van der Waals surface area contributed by atoms with Crippen LogP contribution in [0.2, 0.25) is 0 Å². The number of nitrogens with zero attached hydrogens (tertiary/aromatic N) is 2. The Morgan fingerprint density at radius 3 is 2.80 bits per heavy atom. The van der Waals surface area contributed by atoms with Crippen LogP contribution in [0, 0.1) is 0 Å². The van der Waals surface area contributed by atoms with E-state index in [-0.39, 0.29) is 18.6 Å². The fourth-order valence-electron chi connectivity index (χ4n) is 1.92. The molecule has 3 amide bonds. The summed E-state index contributed by atoms with van der Waals surface area (Å²) in [5.41, 5.74) is 0. The van der Waals surface area contributed by atoms with Gasteiger partial charge in [-0.3, -0.25) is 4.79 Å². The van der Waals surface area contributed by atoms with E-state index < -0.39 is 11.9 Å². The van der Waals surface area contributed by atoms with E-state index in [9.17, 15) is 14.4 Å². The zero-order valence-electron chi connectivity index (χ0n) is 7.97. The van der Waals surface area contributed by atoms with Crippen molar-refractivity contribution >= 4 is 17.9 Å². The molecule has 7 heteroatoms. The van der Waals surface area contributed by atoms with E-state index >= 15 is 0 Å². The molecule has 7 nitrogen and oxygen atoms in total. The molecule has 2 N–H and O–H groups in total. The maximum absolute atomic E-state index is 11.2. The van der Waals surface area contributed by atoms with Gasteiger partial charge in [-0.1, -0.05) is 0 Å². The number of urea groups is 1. The number of carboxylic acids is 1. The number of carboxylic acid groups (broad SMARTS) is 1. The van der Waals surface area contributed by atoms with Gasteiger partial charge in [-0.25, -0.2) is 9.59 Å². The van der Waals surface area contributed by atoms with Crippen LogP contribution in [0.1, 0.15) is 0 Å². The molecule has 2 rings (SSSR count). The van der Waals surface area contributed by atoms with Crippen LogP contribution in [0.4, 0.5) is 4.79 Å². The first-order chi connectivity index (χ1) is 7.09. The Morgan fingerprint density at radius 2 is 2.13 bits per heavy atom. The summed E-state index contributed by atoms with van der Waals surface area (Å²) >= 11 is 0. The molecule has 0 aromatic carbocycles. The molecule has 15 heavy (non-hydrogen) atoms. The predicted molar refractivity (Wildman–Crippen MR) is 48.1 cm³/mol. The van der Waals surface area contributed by atoms with Gasteiger partial charge in [0.25, 0.3) is 0 Å². The maximum Gasteiger partial charge on any atom is 0.394 e. The fourth-order valence-corrected chi connectivity index (χ4v) is 1.92. The lowest BCUT2D eigenvalue weighted by Gasteiger charge is -2.35. The number of amides is 3. The van der Waals surface area contributed by atoms with Crippen LogP contribution in [-0.4, -0.2) is 65.0 Å². The van der Waals surface area contributed by atoms with E-state index in [1.54, 1.807) is 4.90 Å². The van der Waals surface area contributed by atoms with Crippen LogP contribution in [0.15, 0.2) is 0 Å². The zero-order chi connectivity index (χ0) is 11.0. The normalized spacial score (nSPS) is 24.8. The van der Waals surface area contributed by atoms with Gasteiger partial charge in [-0.2, -0.15) is 0 Å². The predicted octanol–water partition coefficient (Wildman–Crippen LogP) is -1.69. The molecule has 0 aromatic heterocycles. The Morgan fingerprint density at radius 1 is 1.40 bits per heavy atom. The molecule has 0 spiro atoms. The standard InChI is InChI=1S/C8H11N3O4/c12-6(7(13)14)10-1-2-11-5(4-10)3-9-8(11)15/h5H,1-4H2,(H,9,15)(H,13,14). The highest BCUT2D eigenvalue weighted by Gasteiger charge is 2.38. The lowest BCUT2D eigenvalue weighted by molar-refractivity contribution is -0.157. The number of hydrogen-bond donors (Lipinski definition) is 2. The molecule has 0 radical (unpaired) electrons. The molecular weight excluding hydrogens is 202 g/mol. The van der Waals surface area contributed by atoms with Gasteiger partial charge < -0.3 is 20.2 Å². The summed E-state index contributed by atoms with van der Waals surface area (Å²) in [5.74, 6) is -2.34. The molecule has 1 unspecified atom stereocenters. The van der Waals surface area contributed by atoms with Crippen molar-refractivity contribution in [2.24, 2.45) is 0 Å². The zero-order valence-corrected chi connectivity index (χ0v) is 7.97. The molecule has 2 heterocycles. The highest BCUT2D eigenvalue weighted by atomic mass is 16.4. The topological polar surface area (TPSA) is 90.0 Å². The van der Waals surface area contributed by atoms with Crippen LogP contribution in [0.5, 0.6) is 0 Å². The van der Waals surface area contributed by atoms with E-state index in [0.29, 0.717) is 19.6 Å². The van der Waals surface area contributed by atoms with E-state index in [2.05, 4.69) is 5.32 Å². The minimum absolute atomic E-state index is 0.0884. The van der Waals surface area contributed by atoms with Crippen molar-refractivity contribution in [3.8, 4) is 0 Å². The molecule has 2 saturated heterocycles. The smallest absolute Gasteiger partial charge is 0.394 e. The summed E-state index contributed by atoms with van der Waals surface area (Å²) in [6.07, 6.45) is 0. The lowest BCUT2D eigenvalue weighted by Crippen LogP contribution is -2.55. The number of nitrogens with one attached hydrogen (secondary N) is 1. The van der Waals surface area contributed by atoms with Crippen molar-refractivity contribution in [3.05, 3.63) is 0 Å². The molecule has 0 saturated carbocycles. The molecular formula is C8H11N3O4. The number of fused-ring (bicyclic) bond motifs is 1. The summed E-state index contributed by atoms with van der Waals surface area (Å²) in [6.45, 7) is 1.46. The highest BCUT2D eigenvalue weighted by Crippen LogP contribution is 2.13. The number of aliphatic carboxylic acids is 1. The third kappa shape index (κ3) is 1.60. The number of rotatable bonds is 0. The van der Waals surface area contributed by atoms with E-state index in [0.717, 1.165) is 0 Å².